The minimum absolute atomic E-state index is 0.00664. The van der Waals surface area contributed by atoms with Crippen LogP contribution in [0.5, 0.6) is 0 Å². The minimum Gasteiger partial charge on any atom is -0.379 e. The van der Waals surface area contributed by atoms with E-state index in [1.807, 2.05) is 6.07 Å². The molecule has 0 radical (unpaired) electrons. The predicted octanol–water partition coefficient (Wildman–Crippen LogP) is 1.98. The van der Waals surface area contributed by atoms with Gasteiger partial charge in [-0.2, -0.15) is 5.26 Å². The van der Waals surface area contributed by atoms with E-state index in [-0.39, 0.29) is 45.8 Å². The number of fused-ring (bicyclic) bond motifs is 2. The summed E-state index contributed by atoms with van der Waals surface area (Å²) in [7, 11) is -3.85. The highest BCUT2D eigenvalue weighted by molar-refractivity contribution is 9.10. The summed E-state index contributed by atoms with van der Waals surface area (Å²) in [6.45, 7) is 0.813. The van der Waals surface area contributed by atoms with Crippen LogP contribution >= 0.6 is 15.9 Å². The van der Waals surface area contributed by atoms with Crippen LogP contribution in [-0.2, 0) is 14.6 Å². The van der Waals surface area contributed by atoms with Crippen LogP contribution in [0.25, 0.3) is 10.9 Å². The molecular weight excluding hydrogens is 446 g/mol. The van der Waals surface area contributed by atoms with Gasteiger partial charge in [-0.05, 0) is 22.0 Å². The van der Waals surface area contributed by atoms with Crippen LogP contribution in [0.3, 0.4) is 0 Å². The lowest BCUT2D eigenvalue weighted by atomic mass is 10.1. The fourth-order valence-corrected chi connectivity index (χ4v) is 4.22. The first kappa shape index (κ1) is 18.5. The van der Waals surface area contributed by atoms with Crippen LogP contribution < -0.4 is 4.90 Å². The number of rotatable bonds is 2. The van der Waals surface area contributed by atoms with Crippen LogP contribution in [0.1, 0.15) is 5.56 Å². The maximum atomic E-state index is 14.8. The number of hydrogen-bond acceptors (Lipinski definition) is 7. The van der Waals surface area contributed by atoms with Gasteiger partial charge in [0.1, 0.15) is 23.6 Å². The van der Waals surface area contributed by atoms with Crippen molar-refractivity contribution in [1.82, 2.24) is 9.97 Å². The number of alkyl halides is 1. The maximum Gasteiger partial charge on any atom is 0.249 e. The third kappa shape index (κ3) is 2.96. The molecule has 27 heavy (non-hydrogen) atoms. The molecule has 142 valence electrons. The zero-order valence-corrected chi connectivity index (χ0v) is 16.4. The molecular formula is C16H13BrF2N4O3S. The number of nitrogens with zero attached hydrogens (tertiary/aromatic N) is 4. The number of ether oxygens (including phenoxy) is 1. The summed E-state index contributed by atoms with van der Waals surface area (Å²) in [6, 6.07) is 2.71. The highest BCUT2D eigenvalue weighted by Crippen LogP contribution is 2.44. The molecule has 1 saturated carbocycles. The van der Waals surface area contributed by atoms with E-state index < -0.39 is 33.0 Å². The van der Waals surface area contributed by atoms with E-state index in [0.717, 1.165) is 6.26 Å². The molecule has 2 aromatic rings. The molecule has 1 aliphatic carbocycles. The summed E-state index contributed by atoms with van der Waals surface area (Å²) in [5, 5.41) is 8.85. The van der Waals surface area contributed by atoms with Crippen molar-refractivity contribution in [2.24, 2.45) is 5.92 Å². The summed E-state index contributed by atoms with van der Waals surface area (Å²) in [6.07, 6.45) is -0.231. The highest BCUT2D eigenvalue weighted by Gasteiger charge is 2.56. The minimum atomic E-state index is -3.85. The van der Waals surface area contributed by atoms with Gasteiger partial charge in [0.25, 0.3) is 0 Å². The Morgan fingerprint density at radius 2 is 2.19 bits per heavy atom. The predicted molar refractivity (Wildman–Crippen MR) is 95.4 cm³/mol. The summed E-state index contributed by atoms with van der Waals surface area (Å²) in [5.41, 5.74) is -0.240. The van der Waals surface area contributed by atoms with E-state index in [9.17, 15) is 22.5 Å². The lowest BCUT2D eigenvalue weighted by molar-refractivity contribution is 0.131. The first-order chi connectivity index (χ1) is 12.7. The summed E-state index contributed by atoms with van der Waals surface area (Å²) in [4.78, 5) is 9.55. The molecule has 7 nitrogen and oxygen atoms in total. The lowest BCUT2D eigenvalue weighted by Gasteiger charge is -2.24. The van der Waals surface area contributed by atoms with E-state index in [0.29, 0.717) is 6.61 Å². The van der Waals surface area contributed by atoms with Gasteiger partial charge in [0.15, 0.2) is 5.82 Å². The van der Waals surface area contributed by atoms with Crippen LogP contribution in [0.4, 0.5) is 14.6 Å². The average molecular weight is 459 g/mol. The summed E-state index contributed by atoms with van der Waals surface area (Å²) >= 11 is 3.00. The van der Waals surface area contributed by atoms with Crippen LogP contribution in [0.15, 0.2) is 15.7 Å². The van der Waals surface area contributed by atoms with Crippen molar-refractivity contribution in [3.8, 4) is 6.07 Å². The molecule has 1 aromatic carbocycles. The standard InChI is InChI=1S/C16H13BrF2N4O3S/c1-27(24,25)16-21-13-8(4-7(5-20)10(17)12(13)19)15(22-16)23-2-3-26-6-9-11(18)14(9)23/h4,9,11,14H,2-3,6H2,1H3/t9?,11-,14-/m0/s1. The van der Waals surface area contributed by atoms with Gasteiger partial charge in [-0.1, -0.05) is 0 Å². The maximum absolute atomic E-state index is 14.8. The molecule has 2 aliphatic rings. The van der Waals surface area contributed by atoms with E-state index in [1.165, 1.54) is 6.07 Å². The molecule has 4 rings (SSSR count). The van der Waals surface area contributed by atoms with E-state index in [1.54, 1.807) is 4.90 Å². The molecule has 1 saturated heterocycles. The number of halogens is 3. The van der Waals surface area contributed by atoms with Gasteiger partial charge in [0, 0.05) is 24.1 Å². The number of nitriles is 1. The molecule has 2 fully saturated rings. The van der Waals surface area contributed by atoms with Crippen molar-refractivity contribution in [2.75, 3.05) is 30.9 Å². The van der Waals surface area contributed by atoms with Crippen molar-refractivity contribution < 1.29 is 21.9 Å². The molecule has 0 N–H and O–H groups in total. The van der Waals surface area contributed by atoms with Gasteiger partial charge in [0.05, 0.1) is 29.3 Å². The van der Waals surface area contributed by atoms with Crippen molar-refractivity contribution in [3.05, 3.63) is 21.9 Å². The molecule has 0 spiro atoms. The molecule has 1 unspecified atom stereocenters. The Balaban J connectivity index is 2.03. The van der Waals surface area contributed by atoms with E-state index in [2.05, 4.69) is 25.9 Å². The Kier molecular flexibility index (Phi) is 4.32. The molecule has 11 heteroatoms. The zero-order chi connectivity index (χ0) is 19.5. The fourth-order valence-electron chi connectivity index (χ4n) is 3.32. The fraction of sp³-hybridized carbons (Fsp3) is 0.438. The Hall–Kier alpha value is -1.90. The van der Waals surface area contributed by atoms with Gasteiger partial charge in [-0.25, -0.2) is 27.2 Å². The Morgan fingerprint density at radius 1 is 1.44 bits per heavy atom. The number of anilines is 1. The van der Waals surface area contributed by atoms with Crippen molar-refractivity contribution in [3.63, 3.8) is 0 Å². The van der Waals surface area contributed by atoms with Gasteiger partial charge < -0.3 is 9.64 Å². The number of hydrogen-bond donors (Lipinski definition) is 0. The zero-order valence-electron chi connectivity index (χ0n) is 14.0. The first-order valence-corrected chi connectivity index (χ1v) is 10.7. The van der Waals surface area contributed by atoms with Crippen LogP contribution in [0, 0.1) is 23.1 Å². The summed E-state index contributed by atoms with van der Waals surface area (Å²) in [5.74, 6) is -1.13. The smallest absolute Gasteiger partial charge is 0.249 e. The van der Waals surface area contributed by atoms with Gasteiger partial charge in [-0.15, -0.1) is 0 Å². The summed E-state index contributed by atoms with van der Waals surface area (Å²) < 4.78 is 58.4. The second-order valence-corrected chi connectivity index (χ2v) is 9.23. The average Bonchev–Trinajstić information content (AvgIpc) is 3.31. The third-order valence-corrected chi connectivity index (χ3v) is 6.36. The van der Waals surface area contributed by atoms with E-state index in [4.69, 9.17) is 4.74 Å². The van der Waals surface area contributed by atoms with Gasteiger partial charge >= 0.3 is 0 Å². The highest BCUT2D eigenvalue weighted by atomic mass is 79.9. The molecule has 2 heterocycles. The number of benzene rings is 1. The van der Waals surface area contributed by atoms with Gasteiger partial charge in [0.2, 0.25) is 15.0 Å². The number of aromatic nitrogens is 2. The second kappa shape index (κ2) is 6.32. The van der Waals surface area contributed by atoms with Gasteiger partial charge in [-0.3, -0.25) is 0 Å². The van der Waals surface area contributed by atoms with Crippen LogP contribution in [-0.4, -0.2) is 56.6 Å². The van der Waals surface area contributed by atoms with E-state index >= 15 is 0 Å². The first-order valence-electron chi connectivity index (χ1n) is 8.02. The Morgan fingerprint density at radius 3 is 2.85 bits per heavy atom. The molecule has 0 bridgehead atoms. The SMILES string of the molecule is CS(=O)(=O)c1nc(N2CCOCC3[C@H](F)[C@H]32)c2cc(C#N)c(Br)c(F)c2n1. The molecule has 3 atom stereocenters. The van der Waals surface area contributed by atoms with Crippen molar-refractivity contribution in [1.29, 1.82) is 5.26 Å². The molecule has 0 amide bonds. The quantitative estimate of drug-likeness (QED) is 0.634. The third-order valence-electron chi connectivity index (χ3n) is 4.73. The molecule has 1 aliphatic heterocycles. The Labute approximate surface area is 162 Å². The normalized spacial score (nSPS) is 25.0. The monoisotopic (exact) mass is 458 g/mol. The van der Waals surface area contributed by atoms with Crippen LogP contribution in [0.2, 0.25) is 0 Å². The number of sulfone groups is 1. The largest absolute Gasteiger partial charge is 0.379 e. The topological polar surface area (TPSA) is 96.2 Å². The van der Waals surface area contributed by atoms with Crippen molar-refractivity contribution >= 4 is 42.5 Å². The Bertz CT molecular complexity index is 1110. The van der Waals surface area contributed by atoms with Crippen molar-refractivity contribution in [2.45, 2.75) is 17.4 Å². The molecule has 1 aromatic heterocycles. The lowest BCUT2D eigenvalue weighted by Crippen LogP contribution is -2.32. The second-order valence-electron chi connectivity index (χ2n) is 6.53.